The lowest BCUT2D eigenvalue weighted by Gasteiger charge is -1.85. The smallest absolute Gasteiger partial charge is 0.0831 e. The van der Waals surface area contributed by atoms with E-state index in [0.29, 0.717) is 18.9 Å². The van der Waals surface area contributed by atoms with E-state index >= 15 is 0 Å². The van der Waals surface area contributed by atoms with E-state index in [0.717, 1.165) is 0 Å². The monoisotopic (exact) mass is 110 g/mol. The first kappa shape index (κ1) is 6.21. The fraction of sp³-hybridized carbons (Fsp3) is 1.00. The van der Waals surface area contributed by atoms with Gasteiger partial charge in [-0.15, -0.1) is 11.6 Å². The van der Waals surface area contributed by atoms with Gasteiger partial charge in [-0.3, -0.25) is 5.26 Å². The Morgan fingerprint density at radius 1 is 1.67 bits per heavy atom. The van der Waals surface area contributed by atoms with Crippen LogP contribution < -0.4 is 0 Å². The number of hydrogen-bond acceptors (Lipinski definition) is 2. The average Bonchev–Trinajstić information content (AvgIpc) is 1.61. The highest BCUT2D eigenvalue weighted by Crippen LogP contribution is 1.81. The summed E-state index contributed by atoms with van der Waals surface area (Å²) in [6.45, 7) is 0.337. The van der Waals surface area contributed by atoms with E-state index in [2.05, 4.69) is 4.89 Å². The molecule has 0 aromatic carbocycles. The fourth-order valence-electron chi connectivity index (χ4n) is 0.119. The first-order chi connectivity index (χ1) is 2.91. The van der Waals surface area contributed by atoms with Gasteiger partial charge in [0, 0.05) is 5.88 Å². The van der Waals surface area contributed by atoms with Crippen molar-refractivity contribution in [3.8, 4) is 0 Å². The third-order valence-corrected chi connectivity index (χ3v) is 0.637. The van der Waals surface area contributed by atoms with E-state index in [9.17, 15) is 0 Å². The summed E-state index contributed by atoms with van der Waals surface area (Å²) in [7, 11) is 0. The highest BCUT2D eigenvalue weighted by Gasteiger charge is 1.78. The normalized spacial score (nSPS) is 9.00. The van der Waals surface area contributed by atoms with Crippen molar-refractivity contribution in [2.45, 2.75) is 6.42 Å². The summed E-state index contributed by atoms with van der Waals surface area (Å²) in [4.78, 5) is 3.70. The molecule has 0 aliphatic carbocycles. The minimum absolute atomic E-state index is 0.337. The molecule has 0 fully saturated rings. The maximum absolute atomic E-state index is 7.64. The second-order valence-electron chi connectivity index (χ2n) is 0.876. The molecular formula is C3H7ClO2. The molecule has 0 saturated carbocycles. The Morgan fingerprint density at radius 3 is 2.50 bits per heavy atom. The van der Waals surface area contributed by atoms with Crippen LogP contribution in [0.25, 0.3) is 0 Å². The lowest BCUT2D eigenvalue weighted by Crippen LogP contribution is -1.87. The minimum atomic E-state index is 0.337. The van der Waals surface area contributed by atoms with E-state index < -0.39 is 0 Å². The SMILES string of the molecule is OOCCCCl. The molecule has 0 radical (unpaired) electrons. The van der Waals surface area contributed by atoms with Crippen LogP contribution in [-0.4, -0.2) is 17.7 Å². The molecule has 0 unspecified atom stereocenters. The highest BCUT2D eigenvalue weighted by molar-refractivity contribution is 6.17. The molecule has 0 rings (SSSR count). The van der Waals surface area contributed by atoms with E-state index in [4.69, 9.17) is 16.9 Å². The summed E-state index contributed by atoms with van der Waals surface area (Å²) in [5.41, 5.74) is 0. The highest BCUT2D eigenvalue weighted by atomic mass is 35.5. The Kier molecular flexibility index (Phi) is 5.39. The summed E-state index contributed by atoms with van der Waals surface area (Å²) in [5, 5.41) is 7.64. The van der Waals surface area contributed by atoms with Gasteiger partial charge < -0.3 is 0 Å². The van der Waals surface area contributed by atoms with Crippen molar-refractivity contribution in [1.82, 2.24) is 0 Å². The van der Waals surface area contributed by atoms with Gasteiger partial charge in [-0.05, 0) is 6.42 Å². The molecule has 0 spiro atoms. The van der Waals surface area contributed by atoms with Gasteiger partial charge in [0.1, 0.15) is 0 Å². The van der Waals surface area contributed by atoms with Crippen molar-refractivity contribution >= 4 is 11.6 Å². The van der Waals surface area contributed by atoms with E-state index in [1.807, 2.05) is 0 Å². The summed E-state index contributed by atoms with van der Waals surface area (Å²) in [5.74, 6) is 0.542. The molecule has 0 amide bonds. The number of alkyl halides is 1. The maximum Gasteiger partial charge on any atom is 0.0831 e. The van der Waals surface area contributed by atoms with Crippen molar-refractivity contribution in [2.24, 2.45) is 0 Å². The van der Waals surface area contributed by atoms with Crippen LogP contribution in [0.15, 0.2) is 0 Å². The second kappa shape index (κ2) is 5.21. The van der Waals surface area contributed by atoms with Gasteiger partial charge in [-0.2, -0.15) is 0 Å². The standard InChI is InChI=1S/C3H7ClO2/c4-2-1-3-6-5/h5H,1-3H2. The minimum Gasteiger partial charge on any atom is -0.252 e. The molecule has 0 aliphatic rings. The van der Waals surface area contributed by atoms with Crippen molar-refractivity contribution in [3.63, 3.8) is 0 Å². The zero-order chi connectivity index (χ0) is 4.83. The van der Waals surface area contributed by atoms with Gasteiger partial charge >= 0.3 is 0 Å². The van der Waals surface area contributed by atoms with E-state index in [-0.39, 0.29) is 0 Å². The Labute approximate surface area is 41.6 Å². The summed E-state index contributed by atoms with van der Waals surface area (Å²) < 4.78 is 0. The van der Waals surface area contributed by atoms with Crippen molar-refractivity contribution in [3.05, 3.63) is 0 Å². The molecule has 0 aliphatic heterocycles. The van der Waals surface area contributed by atoms with Crippen molar-refractivity contribution in [2.75, 3.05) is 12.5 Å². The Balaban J connectivity index is 2.34. The van der Waals surface area contributed by atoms with Gasteiger partial charge in [0.25, 0.3) is 0 Å². The van der Waals surface area contributed by atoms with E-state index in [1.54, 1.807) is 0 Å². The predicted octanol–water partition coefficient (Wildman–Crippen LogP) is 1.10. The molecule has 38 valence electrons. The van der Waals surface area contributed by atoms with Gasteiger partial charge in [-0.1, -0.05) is 0 Å². The summed E-state index contributed by atoms with van der Waals surface area (Å²) in [6.07, 6.45) is 0.706. The molecule has 6 heavy (non-hydrogen) atoms. The maximum atomic E-state index is 7.64. The first-order valence-electron chi connectivity index (χ1n) is 1.74. The molecule has 1 N–H and O–H groups in total. The number of halogens is 1. The summed E-state index contributed by atoms with van der Waals surface area (Å²) in [6, 6.07) is 0. The molecule has 0 aromatic rings. The molecule has 0 aromatic heterocycles. The molecule has 0 saturated heterocycles. The van der Waals surface area contributed by atoms with Crippen LogP contribution in [0.5, 0.6) is 0 Å². The molecule has 0 atom stereocenters. The molecule has 0 bridgehead atoms. The summed E-state index contributed by atoms with van der Waals surface area (Å²) >= 11 is 5.19. The zero-order valence-corrected chi connectivity index (χ0v) is 4.11. The van der Waals surface area contributed by atoms with Crippen LogP contribution in [0.4, 0.5) is 0 Å². The zero-order valence-electron chi connectivity index (χ0n) is 3.35. The Bertz CT molecular complexity index is 20.8. The van der Waals surface area contributed by atoms with Crippen LogP contribution in [0.2, 0.25) is 0 Å². The number of rotatable bonds is 3. The third kappa shape index (κ3) is 4.21. The first-order valence-corrected chi connectivity index (χ1v) is 2.27. The number of hydrogen-bond donors (Lipinski definition) is 1. The predicted molar refractivity (Wildman–Crippen MR) is 23.9 cm³/mol. The largest absolute Gasteiger partial charge is 0.252 e. The van der Waals surface area contributed by atoms with Gasteiger partial charge in [0.2, 0.25) is 0 Å². The second-order valence-corrected chi connectivity index (χ2v) is 1.25. The van der Waals surface area contributed by atoms with Crippen LogP contribution in [0.1, 0.15) is 6.42 Å². The molecule has 3 heteroatoms. The molecular weight excluding hydrogens is 103 g/mol. The van der Waals surface area contributed by atoms with Gasteiger partial charge in [0.15, 0.2) is 0 Å². The van der Waals surface area contributed by atoms with Crippen molar-refractivity contribution < 1.29 is 10.1 Å². The van der Waals surface area contributed by atoms with Gasteiger partial charge in [0.05, 0.1) is 6.61 Å². The fourth-order valence-corrected chi connectivity index (χ4v) is 0.228. The van der Waals surface area contributed by atoms with Crippen LogP contribution in [0, 0.1) is 0 Å². The van der Waals surface area contributed by atoms with Crippen molar-refractivity contribution in [1.29, 1.82) is 0 Å². The Morgan fingerprint density at radius 2 is 2.33 bits per heavy atom. The topological polar surface area (TPSA) is 29.5 Å². The lowest BCUT2D eigenvalue weighted by molar-refractivity contribution is -0.241. The van der Waals surface area contributed by atoms with Crippen LogP contribution in [0.3, 0.4) is 0 Å². The van der Waals surface area contributed by atoms with Crippen LogP contribution >= 0.6 is 11.6 Å². The third-order valence-electron chi connectivity index (χ3n) is 0.369. The van der Waals surface area contributed by atoms with E-state index in [1.165, 1.54) is 0 Å². The molecule has 0 heterocycles. The van der Waals surface area contributed by atoms with Gasteiger partial charge in [-0.25, -0.2) is 4.89 Å². The van der Waals surface area contributed by atoms with Crippen LogP contribution in [-0.2, 0) is 4.89 Å². The Hall–Kier alpha value is 0.210. The molecule has 2 nitrogen and oxygen atoms in total. The lowest BCUT2D eigenvalue weighted by atomic mass is 10.5. The quantitative estimate of drug-likeness (QED) is 0.255. The average molecular weight is 111 g/mol.